The van der Waals surface area contributed by atoms with Gasteiger partial charge in [-0.15, -0.1) is 0 Å². The maximum absolute atomic E-state index is 12.5. The summed E-state index contributed by atoms with van der Waals surface area (Å²) in [6.45, 7) is 0. The van der Waals surface area contributed by atoms with Crippen LogP contribution in [-0.2, 0) is 11.2 Å². The lowest BCUT2D eigenvalue weighted by atomic mass is 10.2. The zero-order valence-corrected chi connectivity index (χ0v) is 18.6. The quantitative estimate of drug-likeness (QED) is 0.314. The number of halogens is 2. The van der Waals surface area contributed by atoms with Crippen LogP contribution in [0.5, 0.6) is 11.5 Å². The Bertz CT molecular complexity index is 1180. The van der Waals surface area contributed by atoms with E-state index in [1.807, 2.05) is 54.6 Å². The molecule has 0 fully saturated rings. The van der Waals surface area contributed by atoms with Gasteiger partial charge in [0, 0.05) is 27.9 Å². The number of benzene rings is 3. The number of aryl methyl sites for hydroxylation is 1. The number of nitrogens with zero attached hydrogens (tertiary/aromatic N) is 2. The molecule has 0 saturated carbocycles. The normalized spacial score (nSPS) is 10.6. The van der Waals surface area contributed by atoms with E-state index in [0.29, 0.717) is 40.3 Å². The van der Waals surface area contributed by atoms with E-state index in [9.17, 15) is 4.79 Å². The molecular weight excluding hydrogens is 482 g/mol. The molecular formula is C23H17BrClN3O3. The molecule has 6 nitrogen and oxygen atoms in total. The molecule has 8 heteroatoms. The summed E-state index contributed by atoms with van der Waals surface area (Å²) in [6, 6.07) is 22.0. The van der Waals surface area contributed by atoms with E-state index in [1.165, 1.54) is 0 Å². The standard InChI is InChI=1S/C23H17BrClN3O3/c24-16-8-6-15(7-9-16)23-27-22(31-28-23)13-12-21(29)26-19-14-17(25)10-11-20(19)30-18-4-2-1-3-5-18/h1-11,14H,12-13H2,(H,26,29). The van der Waals surface area contributed by atoms with Gasteiger partial charge < -0.3 is 14.6 Å². The molecule has 31 heavy (non-hydrogen) atoms. The van der Waals surface area contributed by atoms with Crippen molar-refractivity contribution < 1.29 is 14.1 Å². The summed E-state index contributed by atoms with van der Waals surface area (Å²) in [6.07, 6.45) is 0.476. The molecule has 0 atom stereocenters. The monoisotopic (exact) mass is 497 g/mol. The molecule has 1 aromatic heterocycles. The van der Waals surface area contributed by atoms with E-state index in [-0.39, 0.29) is 12.3 Å². The van der Waals surface area contributed by atoms with Crippen LogP contribution in [0, 0.1) is 0 Å². The number of ether oxygens (including phenoxy) is 1. The van der Waals surface area contributed by atoms with Crippen LogP contribution in [-0.4, -0.2) is 16.0 Å². The Morgan fingerprint density at radius 3 is 2.61 bits per heavy atom. The summed E-state index contributed by atoms with van der Waals surface area (Å²) in [5.41, 5.74) is 1.33. The van der Waals surface area contributed by atoms with Gasteiger partial charge >= 0.3 is 0 Å². The Morgan fingerprint density at radius 2 is 1.84 bits per heavy atom. The summed E-state index contributed by atoms with van der Waals surface area (Å²) >= 11 is 9.50. The molecule has 4 aromatic rings. The van der Waals surface area contributed by atoms with Crippen molar-refractivity contribution in [2.24, 2.45) is 0 Å². The molecule has 0 aliphatic rings. The van der Waals surface area contributed by atoms with Crippen molar-refractivity contribution in [2.75, 3.05) is 5.32 Å². The maximum atomic E-state index is 12.5. The minimum absolute atomic E-state index is 0.166. The van der Waals surface area contributed by atoms with Gasteiger partial charge in [-0.3, -0.25) is 4.79 Å². The molecule has 0 saturated heterocycles. The largest absolute Gasteiger partial charge is 0.455 e. The third kappa shape index (κ3) is 5.71. The van der Waals surface area contributed by atoms with Crippen LogP contribution in [0.2, 0.25) is 5.02 Å². The number of amides is 1. The molecule has 0 radical (unpaired) electrons. The Morgan fingerprint density at radius 1 is 1.06 bits per heavy atom. The van der Waals surface area contributed by atoms with Gasteiger partial charge in [0.15, 0.2) is 5.75 Å². The first-order valence-corrected chi connectivity index (χ1v) is 10.6. The van der Waals surface area contributed by atoms with E-state index in [4.69, 9.17) is 20.9 Å². The van der Waals surface area contributed by atoms with Gasteiger partial charge in [0.1, 0.15) is 5.75 Å². The lowest BCUT2D eigenvalue weighted by Gasteiger charge is -2.12. The lowest BCUT2D eigenvalue weighted by Crippen LogP contribution is -2.13. The van der Waals surface area contributed by atoms with Crippen molar-refractivity contribution in [3.05, 3.63) is 88.2 Å². The Balaban J connectivity index is 1.39. The predicted molar refractivity (Wildman–Crippen MR) is 122 cm³/mol. The number of rotatable bonds is 7. The molecule has 1 N–H and O–H groups in total. The van der Waals surface area contributed by atoms with Crippen LogP contribution >= 0.6 is 27.5 Å². The van der Waals surface area contributed by atoms with E-state index in [2.05, 4.69) is 31.4 Å². The van der Waals surface area contributed by atoms with Crippen molar-refractivity contribution >= 4 is 39.1 Å². The SMILES string of the molecule is O=C(CCc1nc(-c2ccc(Br)cc2)no1)Nc1cc(Cl)ccc1Oc1ccccc1. The molecule has 156 valence electrons. The highest BCUT2D eigenvalue weighted by atomic mass is 79.9. The third-order valence-corrected chi connectivity index (χ3v) is 5.09. The number of hydrogen-bond donors (Lipinski definition) is 1. The number of carbonyl (C=O) groups is 1. The molecule has 4 rings (SSSR count). The van der Waals surface area contributed by atoms with Crippen molar-refractivity contribution in [1.29, 1.82) is 0 Å². The van der Waals surface area contributed by atoms with Crippen LogP contribution in [0.15, 0.2) is 81.8 Å². The fraction of sp³-hybridized carbons (Fsp3) is 0.0870. The highest BCUT2D eigenvalue weighted by Crippen LogP contribution is 2.32. The van der Waals surface area contributed by atoms with Crippen LogP contribution in [0.4, 0.5) is 5.69 Å². The van der Waals surface area contributed by atoms with Crippen molar-refractivity contribution in [3.8, 4) is 22.9 Å². The molecule has 0 spiro atoms. The highest BCUT2D eigenvalue weighted by Gasteiger charge is 2.13. The van der Waals surface area contributed by atoms with Crippen molar-refractivity contribution in [2.45, 2.75) is 12.8 Å². The lowest BCUT2D eigenvalue weighted by molar-refractivity contribution is -0.116. The summed E-state index contributed by atoms with van der Waals surface area (Å²) in [4.78, 5) is 16.9. The zero-order chi connectivity index (χ0) is 21.6. The molecule has 0 unspecified atom stereocenters. The molecule has 1 amide bonds. The van der Waals surface area contributed by atoms with Gasteiger partial charge in [0.05, 0.1) is 5.69 Å². The summed E-state index contributed by atoms with van der Waals surface area (Å²) in [7, 11) is 0. The number of nitrogens with one attached hydrogen (secondary N) is 1. The first-order chi connectivity index (χ1) is 15.1. The van der Waals surface area contributed by atoms with E-state index in [1.54, 1.807) is 18.2 Å². The Hall–Kier alpha value is -3.16. The first-order valence-electron chi connectivity index (χ1n) is 9.48. The maximum Gasteiger partial charge on any atom is 0.227 e. The molecule has 1 heterocycles. The van der Waals surface area contributed by atoms with Gasteiger partial charge in [-0.1, -0.05) is 50.9 Å². The second kappa shape index (κ2) is 9.76. The van der Waals surface area contributed by atoms with Gasteiger partial charge in [-0.25, -0.2) is 0 Å². The first kappa shape index (κ1) is 21.1. The second-order valence-corrected chi connectivity index (χ2v) is 7.97. The van der Waals surface area contributed by atoms with Gasteiger partial charge in [-0.05, 0) is 54.6 Å². The Kier molecular flexibility index (Phi) is 6.64. The van der Waals surface area contributed by atoms with Crippen LogP contribution in [0.3, 0.4) is 0 Å². The van der Waals surface area contributed by atoms with Crippen LogP contribution in [0.25, 0.3) is 11.4 Å². The van der Waals surface area contributed by atoms with Gasteiger partial charge in [0.2, 0.25) is 17.6 Å². The predicted octanol–water partition coefficient (Wildman–Crippen LogP) is 6.52. The summed E-state index contributed by atoms with van der Waals surface area (Å²) in [5, 5.41) is 7.32. The molecule has 0 bridgehead atoms. The van der Waals surface area contributed by atoms with Crippen molar-refractivity contribution in [3.63, 3.8) is 0 Å². The molecule has 3 aromatic carbocycles. The topological polar surface area (TPSA) is 77.2 Å². The fourth-order valence-corrected chi connectivity index (χ4v) is 3.25. The number of para-hydroxylation sites is 1. The van der Waals surface area contributed by atoms with E-state index >= 15 is 0 Å². The second-order valence-electron chi connectivity index (χ2n) is 6.62. The van der Waals surface area contributed by atoms with Crippen LogP contribution in [0.1, 0.15) is 12.3 Å². The highest BCUT2D eigenvalue weighted by molar-refractivity contribution is 9.10. The smallest absolute Gasteiger partial charge is 0.227 e. The molecule has 0 aliphatic carbocycles. The number of aromatic nitrogens is 2. The zero-order valence-electron chi connectivity index (χ0n) is 16.2. The summed E-state index contributed by atoms with van der Waals surface area (Å²) in [5.74, 6) is 1.81. The number of hydrogen-bond acceptors (Lipinski definition) is 5. The average Bonchev–Trinajstić information content (AvgIpc) is 3.25. The third-order valence-electron chi connectivity index (χ3n) is 4.32. The Labute approximate surface area is 192 Å². The van der Waals surface area contributed by atoms with Crippen LogP contribution < -0.4 is 10.1 Å². The van der Waals surface area contributed by atoms with Gasteiger partial charge in [-0.2, -0.15) is 4.98 Å². The fourth-order valence-electron chi connectivity index (χ4n) is 2.81. The number of carbonyl (C=O) groups excluding carboxylic acids is 1. The minimum Gasteiger partial charge on any atom is -0.455 e. The summed E-state index contributed by atoms with van der Waals surface area (Å²) < 4.78 is 12.1. The minimum atomic E-state index is -0.219. The average molecular weight is 499 g/mol. The number of anilines is 1. The van der Waals surface area contributed by atoms with Gasteiger partial charge in [0.25, 0.3) is 0 Å². The van der Waals surface area contributed by atoms with E-state index < -0.39 is 0 Å². The molecule has 0 aliphatic heterocycles. The van der Waals surface area contributed by atoms with E-state index in [0.717, 1.165) is 10.0 Å². The van der Waals surface area contributed by atoms with Crippen molar-refractivity contribution in [1.82, 2.24) is 10.1 Å².